The molecule has 1 atom stereocenters. The second-order valence-electron chi connectivity index (χ2n) is 4.98. The Balaban J connectivity index is 3.94. The van der Waals surface area contributed by atoms with Gasteiger partial charge in [-0.05, 0) is 40.5 Å². The number of ether oxygens (including phenoxy) is 1. The zero-order valence-corrected chi connectivity index (χ0v) is 15.1. The van der Waals surface area contributed by atoms with Crippen molar-refractivity contribution in [2.75, 3.05) is 26.9 Å². The number of hydrogen-bond acceptors (Lipinski definition) is 4. The molecule has 0 spiro atoms. The van der Waals surface area contributed by atoms with Gasteiger partial charge in [-0.3, -0.25) is 0 Å². The Morgan fingerprint density at radius 2 is 1.30 bits per heavy atom. The molecule has 0 aliphatic heterocycles. The van der Waals surface area contributed by atoms with Crippen LogP contribution in [0, 0.1) is 0 Å². The highest BCUT2D eigenvalue weighted by molar-refractivity contribution is 6.60. The van der Waals surface area contributed by atoms with Gasteiger partial charge in [-0.15, -0.1) is 0 Å². The van der Waals surface area contributed by atoms with E-state index in [0.717, 1.165) is 18.9 Å². The monoisotopic (exact) mass is 306 g/mol. The lowest BCUT2D eigenvalue weighted by Gasteiger charge is -2.28. The minimum absolute atomic E-state index is 0.374. The summed E-state index contributed by atoms with van der Waals surface area (Å²) in [6.45, 7) is 10.1. The third-order valence-corrected chi connectivity index (χ3v) is 6.49. The van der Waals surface area contributed by atoms with E-state index in [-0.39, 0.29) is 0 Å². The molecule has 20 heavy (non-hydrogen) atoms. The molecule has 1 unspecified atom stereocenters. The lowest BCUT2D eigenvalue weighted by atomic mass is 10.1. The fourth-order valence-corrected chi connectivity index (χ4v) is 4.93. The van der Waals surface area contributed by atoms with Gasteiger partial charge in [0.25, 0.3) is 0 Å². The molecule has 5 heteroatoms. The van der Waals surface area contributed by atoms with Crippen molar-refractivity contribution in [2.24, 2.45) is 0 Å². The summed E-state index contributed by atoms with van der Waals surface area (Å²) < 4.78 is 22.8. The largest absolute Gasteiger partial charge is 0.500 e. The summed E-state index contributed by atoms with van der Waals surface area (Å²) in [5.74, 6) is 0. The maximum atomic E-state index is 5.85. The fraction of sp³-hybridized carbons (Fsp3) is 1.00. The Bertz CT molecular complexity index is 197. The molecule has 0 aliphatic carbocycles. The quantitative estimate of drug-likeness (QED) is 0.359. The molecule has 0 aromatic carbocycles. The molecule has 0 aromatic heterocycles. The molecule has 0 saturated heterocycles. The SMILES string of the molecule is CCO[Si](CCCCCCC(C)OC)(OCC)OCC. The normalized spacial score (nSPS) is 13.7. The lowest BCUT2D eigenvalue weighted by Crippen LogP contribution is -2.45. The second kappa shape index (κ2) is 12.8. The maximum absolute atomic E-state index is 5.85. The summed E-state index contributed by atoms with van der Waals surface area (Å²) in [5.41, 5.74) is 0. The third-order valence-electron chi connectivity index (χ3n) is 3.34. The van der Waals surface area contributed by atoms with Crippen LogP contribution in [0.1, 0.15) is 59.8 Å². The van der Waals surface area contributed by atoms with Crippen molar-refractivity contribution >= 4 is 8.80 Å². The topological polar surface area (TPSA) is 36.9 Å². The van der Waals surface area contributed by atoms with Crippen molar-refractivity contribution in [2.45, 2.75) is 71.9 Å². The molecule has 4 nitrogen and oxygen atoms in total. The van der Waals surface area contributed by atoms with Crippen LogP contribution in [0.3, 0.4) is 0 Å². The second-order valence-corrected chi connectivity index (χ2v) is 7.71. The average Bonchev–Trinajstić information content (AvgIpc) is 2.43. The van der Waals surface area contributed by atoms with E-state index in [4.69, 9.17) is 18.0 Å². The Kier molecular flexibility index (Phi) is 12.8. The fourth-order valence-electron chi connectivity index (χ4n) is 2.25. The summed E-state index contributed by atoms with van der Waals surface area (Å²) in [4.78, 5) is 0. The summed E-state index contributed by atoms with van der Waals surface area (Å²) in [7, 11) is -0.634. The van der Waals surface area contributed by atoms with Crippen LogP contribution in [-0.4, -0.2) is 41.8 Å². The van der Waals surface area contributed by atoms with E-state index in [2.05, 4.69) is 6.92 Å². The van der Waals surface area contributed by atoms with Crippen molar-refractivity contribution in [3.05, 3.63) is 0 Å². The van der Waals surface area contributed by atoms with Crippen LogP contribution in [0.25, 0.3) is 0 Å². The van der Waals surface area contributed by atoms with Crippen molar-refractivity contribution < 1.29 is 18.0 Å². The van der Waals surface area contributed by atoms with E-state index in [0.29, 0.717) is 25.9 Å². The molecule has 0 rings (SSSR count). The molecule has 0 saturated carbocycles. The maximum Gasteiger partial charge on any atom is 0.500 e. The van der Waals surface area contributed by atoms with E-state index in [1.165, 1.54) is 19.3 Å². The first-order valence-corrected chi connectivity index (χ1v) is 10.0. The predicted octanol–water partition coefficient (Wildman–Crippen LogP) is 4.02. The lowest BCUT2D eigenvalue weighted by molar-refractivity contribution is 0.0705. The van der Waals surface area contributed by atoms with Gasteiger partial charge in [0.05, 0.1) is 6.10 Å². The van der Waals surface area contributed by atoms with Crippen molar-refractivity contribution in [3.63, 3.8) is 0 Å². The highest BCUT2D eigenvalue weighted by atomic mass is 28.4. The molecular formula is C15H34O4Si. The van der Waals surface area contributed by atoms with Gasteiger partial charge in [-0.25, -0.2) is 0 Å². The molecule has 0 heterocycles. The van der Waals surface area contributed by atoms with E-state index < -0.39 is 8.80 Å². The van der Waals surface area contributed by atoms with E-state index in [9.17, 15) is 0 Å². The Morgan fingerprint density at radius 3 is 1.75 bits per heavy atom. The molecular weight excluding hydrogens is 272 g/mol. The first kappa shape index (κ1) is 20.1. The first-order chi connectivity index (χ1) is 9.64. The molecule has 0 aliphatic rings. The number of unbranched alkanes of at least 4 members (excludes halogenated alkanes) is 3. The smallest absolute Gasteiger partial charge is 0.382 e. The Labute approximate surface area is 126 Å². The van der Waals surface area contributed by atoms with E-state index >= 15 is 0 Å². The van der Waals surface area contributed by atoms with E-state index in [1.54, 1.807) is 7.11 Å². The number of methoxy groups -OCH3 is 1. The van der Waals surface area contributed by atoms with Crippen LogP contribution in [0.5, 0.6) is 0 Å². The van der Waals surface area contributed by atoms with Crippen LogP contribution in [0.15, 0.2) is 0 Å². The van der Waals surface area contributed by atoms with Gasteiger partial charge in [0.1, 0.15) is 0 Å². The molecule has 0 radical (unpaired) electrons. The molecule has 0 fully saturated rings. The first-order valence-electron chi connectivity index (χ1n) is 8.08. The van der Waals surface area contributed by atoms with Crippen molar-refractivity contribution in [3.8, 4) is 0 Å². The van der Waals surface area contributed by atoms with Crippen molar-refractivity contribution in [1.82, 2.24) is 0 Å². The van der Waals surface area contributed by atoms with Gasteiger partial charge in [0.2, 0.25) is 0 Å². The van der Waals surface area contributed by atoms with Crippen LogP contribution in [0.2, 0.25) is 6.04 Å². The van der Waals surface area contributed by atoms with Gasteiger partial charge < -0.3 is 18.0 Å². The zero-order valence-electron chi connectivity index (χ0n) is 14.1. The average molecular weight is 307 g/mol. The third kappa shape index (κ3) is 9.08. The summed E-state index contributed by atoms with van der Waals surface area (Å²) in [6, 6.07) is 0.933. The van der Waals surface area contributed by atoms with E-state index in [1.807, 2.05) is 20.8 Å². The molecule has 122 valence electrons. The van der Waals surface area contributed by atoms with Crippen LogP contribution in [-0.2, 0) is 18.0 Å². The minimum Gasteiger partial charge on any atom is -0.382 e. The highest BCUT2D eigenvalue weighted by Crippen LogP contribution is 2.20. The Morgan fingerprint density at radius 1 is 0.800 bits per heavy atom. The summed E-state index contributed by atoms with van der Waals surface area (Å²) in [6.07, 6.45) is 6.30. The summed E-state index contributed by atoms with van der Waals surface area (Å²) >= 11 is 0. The van der Waals surface area contributed by atoms with Crippen LogP contribution in [0.4, 0.5) is 0 Å². The number of rotatable bonds is 14. The van der Waals surface area contributed by atoms with Crippen LogP contribution < -0.4 is 0 Å². The van der Waals surface area contributed by atoms with Crippen LogP contribution >= 0.6 is 0 Å². The zero-order chi connectivity index (χ0) is 15.3. The van der Waals surface area contributed by atoms with Gasteiger partial charge in [0.15, 0.2) is 0 Å². The standard InChI is InChI=1S/C15H34O4Si/c1-6-17-20(18-7-2,19-8-3)14-12-10-9-11-13-15(4)16-5/h15H,6-14H2,1-5H3. The number of hydrogen-bond donors (Lipinski definition) is 0. The Hall–Kier alpha value is 0.0569. The van der Waals surface area contributed by atoms with Gasteiger partial charge in [-0.1, -0.05) is 19.3 Å². The molecule has 0 N–H and O–H groups in total. The van der Waals surface area contributed by atoms with Gasteiger partial charge >= 0.3 is 8.80 Å². The highest BCUT2D eigenvalue weighted by Gasteiger charge is 2.39. The molecule has 0 bridgehead atoms. The van der Waals surface area contributed by atoms with Gasteiger partial charge in [-0.2, -0.15) is 0 Å². The van der Waals surface area contributed by atoms with Crippen molar-refractivity contribution in [1.29, 1.82) is 0 Å². The minimum atomic E-state index is -2.41. The molecule has 0 amide bonds. The van der Waals surface area contributed by atoms with Gasteiger partial charge in [0, 0.05) is 33.0 Å². The molecule has 0 aromatic rings. The summed E-state index contributed by atoms with van der Waals surface area (Å²) in [5, 5.41) is 0. The predicted molar refractivity (Wildman–Crippen MR) is 85.0 cm³/mol.